The molecule has 11 heteroatoms. The first-order valence-electron chi connectivity index (χ1n) is 5.60. The van der Waals surface area contributed by atoms with Crippen molar-refractivity contribution in [3.05, 3.63) is 22.7 Å². The van der Waals surface area contributed by atoms with Crippen molar-refractivity contribution in [1.82, 2.24) is 9.55 Å². The minimum atomic E-state index is -4.79. The predicted octanol–water partition coefficient (Wildman–Crippen LogP) is -0.0904. The van der Waals surface area contributed by atoms with Gasteiger partial charge in [-0.25, -0.2) is 13.8 Å². The van der Waals surface area contributed by atoms with Crippen molar-refractivity contribution in [3.8, 4) is 0 Å². The third kappa shape index (κ3) is 3.62. The van der Waals surface area contributed by atoms with E-state index in [1.165, 1.54) is 12.3 Å². The Bertz CT molecular complexity index is 604. The molecule has 1 aromatic rings. The lowest BCUT2D eigenvalue weighted by Gasteiger charge is -2.21. The van der Waals surface area contributed by atoms with Crippen molar-refractivity contribution in [1.29, 1.82) is 0 Å². The van der Waals surface area contributed by atoms with Crippen molar-refractivity contribution < 1.29 is 28.0 Å². The summed E-state index contributed by atoms with van der Waals surface area (Å²) in [5.41, 5.74) is 4.63. The average molecular weight is 309 g/mol. The van der Waals surface area contributed by atoms with Crippen molar-refractivity contribution >= 4 is 13.6 Å². The van der Waals surface area contributed by atoms with Gasteiger partial charge < -0.3 is 20.3 Å². The molecule has 112 valence electrons. The molecule has 1 saturated heterocycles. The summed E-state index contributed by atoms with van der Waals surface area (Å²) >= 11 is 0. The van der Waals surface area contributed by atoms with E-state index in [1.807, 2.05) is 0 Å². The molecule has 20 heavy (non-hydrogen) atoms. The van der Waals surface area contributed by atoms with Gasteiger partial charge in [-0.15, -0.1) is 0 Å². The summed E-state index contributed by atoms with van der Waals surface area (Å²) in [6, 6.07) is 1.36. The summed E-state index contributed by atoms with van der Waals surface area (Å²) in [5.74, 6) is -2.34. The zero-order valence-electron chi connectivity index (χ0n) is 10.2. The molecule has 2 rings (SSSR count). The van der Waals surface area contributed by atoms with Gasteiger partial charge in [-0.05, 0) is 12.5 Å². The van der Waals surface area contributed by atoms with Crippen LogP contribution >= 0.6 is 7.82 Å². The molecule has 1 fully saturated rings. The first-order chi connectivity index (χ1) is 9.19. The molecule has 1 aromatic heterocycles. The van der Waals surface area contributed by atoms with Gasteiger partial charge in [0, 0.05) is 12.6 Å². The minimum Gasteiger partial charge on any atom is -0.383 e. The Labute approximate surface area is 112 Å². The SMILES string of the molecule is Nc1ccn([C@H]2CC[C@@](F)(COP(=O)(O)O)O2)c(=O)n1. The monoisotopic (exact) mass is 309 g/mol. The first kappa shape index (κ1) is 15.1. The minimum absolute atomic E-state index is 0.0283. The van der Waals surface area contributed by atoms with Gasteiger partial charge in [0.05, 0.1) is 0 Å². The van der Waals surface area contributed by atoms with E-state index in [9.17, 15) is 13.8 Å². The number of phosphoric ester groups is 1. The molecule has 0 saturated carbocycles. The smallest absolute Gasteiger partial charge is 0.383 e. The summed E-state index contributed by atoms with van der Waals surface area (Å²) in [6.07, 6.45) is 0.340. The molecule has 0 bridgehead atoms. The Morgan fingerprint density at radius 1 is 1.70 bits per heavy atom. The number of nitrogen functional groups attached to an aromatic ring is 1. The maximum atomic E-state index is 14.1. The topological polar surface area (TPSA) is 137 Å². The highest BCUT2D eigenvalue weighted by Crippen LogP contribution is 2.42. The Balaban J connectivity index is 2.08. The first-order valence-corrected chi connectivity index (χ1v) is 7.13. The van der Waals surface area contributed by atoms with Gasteiger partial charge in [-0.1, -0.05) is 0 Å². The van der Waals surface area contributed by atoms with Crippen LogP contribution in [0.1, 0.15) is 19.1 Å². The van der Waals surface area contributed by atoms with E-state index >= 15 is 0 Å². The summed E-state index contributed by atoms with van der Waals surface area (Å²) < 4.78 is 34.8. The third-order valence-electron chi connectivity index (χ3n) is 2.72. The van der Waals surface area contributed by atoms with Crippen molar-refractivity contribution in [2.24, 2.45) is 0 Å². The summed E-state index contributed by atoms with van der Waals surface area (Å²) in [4.78, 5) is 32.1. The van der Waals surface area contributed by atoms with Crippen LogP contribution in [0.15, 0.2) is 17.1 Å². The predicted molar refractivity (Wildman–Crippen MR) is 64.1 cm³/mol. The fraction of sp³-hybridized carbons (Fsp3) is 0.556. The summed E-state index contributed by atoms with van der Waals surface area (Å²) in [7, 11) is -4.79. The maximum Gasteiger partial charge on any atom is 0.469 e. The van der Waals surface area contributed by atoms with Crippen molar-refractivity contribution in [2.45, 2.75) is 24.9 Å². The van der Waals surface area contributed by atoms with Crippen molar-refractivity contribution in [2.75, 3.05) is 12.3 Å². The third-order valence-corrected chi connectivity index (χ3v) is 3.19. The van der Waals surface area contributed by atoms with Gasteiger partial charge in [0.2, 0.25) is 5.85 Å². The highest BCUT2D eigenvalue weighted by Gasteiger charge is 2.43. The Morgan fingerprint density at radius 3 is 3.00 bits per heavy atom. The molecule has 9 nitrogen and oxygen atoms in total. The van der Waals surface area contributed by atoms with Crippen LogP contribution < -0.4 is 11.4 Å². The van der Waals surface area contributed by atoms with Gasteiger partial charge in [0.1, 0.15) is 18.7 Å². The van der Waals surface area contributed by atoms with Crippen LogP contribution in [0.25, 0.3) is 0 Å². The highest BCUT2D eigenvalue weighted by molar-refractivity contribution is 7.46. The van der Waals surface area contributed by atoms with Gasteiger partial charge in [-0.2, -0.15) is 4.98 Å². The van der Waals surface area contributed by atoms with Crippen LogP contribution in [-0.4, -0.2) is 31.8 Å². The molecule has 0 aromatic carbocycles. The van der Waals surface area contributed by atoms with Crippen LogP contribution in [0.2, 0.25) is 0 Å². The number of aromatic nitrogens is 2. The molecule has 0 aliphatic carbocycles. The molecular weight excluding hydrogens is 296 g/mol. The van der Waals surface area contributed by atoms with E-state index in [2.05, 4.69) is 9.51 Å². The average Bonchev–Trinajstić information content (AvgIpc) is 2.69. The van der Waals surface area contributed by atoms with Gasteiger partial charge in [-0.3, -0.25) is 9.09 Å². The zero-order chi connectivity index (χ0) is 15.0. The largest absolute Gasteiger partial charge is 0.469 e. The molecule has 1 aliphatic heterocycles. The molecule has 2 atom stereocenters. The molecule has 4 N–H and O–H groups in total. The van der Waals surface area contributed by atoms with Crippen LogP contribution in [0.3, 0.4) is 0 Å². The second kappa shape index (κ2) is 5.23. The van der Waals surface area contributed by atoms with Gasteiger partial charge in [0.25, 0.3) is 0 Å². The summed E-state index contributed by atoms with van der Waals surface area (Å²) in [5, 5.41) is 0. The number of hydrogen-bond donors (Lipinski definition) is 3. The number of hydrogen-bond acceptors (Lipinski definition) is 6. The second-order valence-electron chi connectivity index (χ2n) is 4.30. The number of halogens is 1. The number of nitrogens with zero attached hydrogens (tertiary/aromatic N) is 2. The van der Waals surface area contributed by atoms with Crippen LogP contribution in [0.4, 0.5) is 10.2 Å². The number of rotatable bonds is 4. The standard InChI is InChI=1S/C9H13FN3O6P/c10-9(5-18-20(15,16)17)3-1-7(19-9)13-4-2-6(11)12-8(13)14/h2,4,7H,1,3,5H2,(H2,11,12,14)(H2,15,16,17)/t7-,9+/m1/s1. The number of nitrogens with two attached hydrogens (primary N) is 1. The lowest BCUT2D eigenvalue weighted by atomic mass is 10.2. The Hall–Kier alpha value is -1.32. The summed E-state index contributed by atoms with van der Waals surface area (Å²) in [6.45, 7) is -0.926. The lowest BCUT2D eigenvalue weighted by molar-refractivity contribution is -0.175. The van der Waals surface area contributed by atoms with Crippen LogP contribution in [0, 0.1) is 0 Å². The number of alkyl halides is 1. The van der Waals surface area contributed by atoms with E-state index in [4.69, 9.17) is 20.3 Å². The molecule has 0 spiro atoms. The molecule has 0 radical (unpaired) electrons. The van der Waals surface area contributed by atoms with Gasteiger partial charge in [0.15, 0.2) is 0 Å². The highest BCUT2D eigenvalue weighted by atomic mass is 31.2. The molecule has 1 aliphatic rings. The zero-order valence-corrected chi connectivity index (χ0v) is 11.1. The van der Waals surface area contributed by atoms with Gasteiger partial charge >= 0.3 is 13.5 Å². The van der Waals surface area contributed by atoms with E-state index in [-0.39, 0.29) is 18.7 Å². The van der Waals surface area contributed by atoms with Crippen molar-refractivity contribution in [3.63, 3.8) is 0 Å². The molecular formula is C9H13FN3O6P. The number of phosphoric acid groups is 1. The fourth-order valence-electron chi connectivity index (χ4n) is 1.83. The molecule has 0 unspecified atom stereocenters. The van der Waals surface area contributed by atoms with E-state index in [0.717, 1.165) is 4.57 Å². The van der Waals surface area contributed by atoms with E-state index in [0.29, 0.717) is 0 Å². The maximum absolute atomic E-state index is 14.1. The number of anilines is 1. The molecule has 0 amide bonds. The normalized spacial score (nSPS) is 26.9. The quantitative estimate of drug-likeness (QED) is 0.656. The van der Waals surface area contributed by atoms with Crippen LogP contribution in [-0.2, 0) is 13.8 Å². The Kier molecular flexibility index (Phi) is 3.94. The van der Waals surface area contributed by atoms with E-state index < -0.39 is 32.2 Å². The number of ether oxygens (including phenoxy) is 1. The van der Waals surface area contributed by atoms with E-state index in [1.54, 1.807) is 0 Å². The molecule has 2 heterocycles. The fourth-order valence-corrected chi connectivity index (χ4v) is 2.19. The lowest BCUT2D eigenvalue weighted by Crippen LogP contribution is -2.32. The Morgan fingerprint density at radius 2 is 2.40 bits per heavy atom. The van der Waals surface area contributed by atoms with Crippen LogP contribution in [0.5, 0.6) is 0 Å². The second-order valence-corrected chi connectivity index (χ2v) is 5.54.